The Hall–Kier alpha value is -2.08. The van der Waals surface area contributed by atoms with Crippen LogP contribution in [0.1, 0.15) is 56.9 Å². The van der Waals surface area contributed by atoms with Crippen molar-refractivity contribution in [2.45, 2.75) is 58.0 Å². The van der Waals surface area contributed by atoms with Crippen LogP contribution >= 0.6 is 0 Å². The van der Waals surface area contributed by atoms with Crippen molar-refractivity contribution in [2.24, 2.45) is 0 Å². The third-order valence-electron chi connectivity index (χ3n) is 5.39. The van der Waals surface area contributed by atoms with E-state index in [0.29, 0.717) is 12.2 Å². The second-order valence-corrected chi connectivity index (χ2v) is 7.36. The number of hydrogen-bond donors (Lipinski definition) is 3. The van der Waals surface area contributed by atoms with Gasteiger partial charge < -0.3 is 25.0 Å². The van der Waals surface area contributed by atoms with E-state index in [9.17, 15) is 5.11 Å². The van der Waals surface area contributed by atoms with Crippen molar-refractivity contribution < 1.29 is 20.1 Å². The molecule has 0 saturated heterocycles. The Morgan fingerprint density at radius 1 is 1.04 bits per heavy atom. The Morgan fingerprint density at radius 2 is 1.71 bits per heavy atom. The monoisotopic (exact) mass is 387 g/mol. The van der Waals surface area contributed by atoms with Gasteiger partial charge >= 0.3 is 0 Å². The van der Waals surface area contributed by atoms with Crippen LogP contribution in [0.5, 0.6) is 5.75 Å². The van der Waals surface area contributed by atoms with Crippen molar-refractivity contribution in [3.8, 4) is 5.75 Å². The van der Waals surface area contributed by atoms with Crippen LogP contribution in [0.4, 0.5) is 5.69 Å². The summed E-state index contributed by atoms with van der Waals surface area (Å²) in [5.74, 6) is 0.786. The molecule has 0 amide bonds. The summed E-state index contributed by atoms with van der Waals surface area (Å²) in [5, 5.41) is 28.7. The van der Waals surface area contributed by atoms with Gasteiger partial charge in [0.15, 0.2) is 6.29 Å². The van der Waals surface area contributed by atoms with Gasteiger partial charge in [0.25, 0.3) is 0 Å². The van der Waals surface area contributed by atoms with Crippen LogP contribution in [0.15, 0.2) is 48.5 Å². The van der Waals surface area contributed by atoms with E-state index in [0.717, 1.165) is 49.2 Å². The summed E-state index contributed by atoms with van der Waals surface area (Å²) in [4.78, 5) is 2.18. The SMILES string of the molecule is CCC(O)(CC)CCCN(C)c1cccc(OCc2ccc(C(O)O)cc2)c1. The van der Waals surface area contributed by atoms with Gasteiger partial charge in [0.05, 0.1) is 5.60 Å². The van der Waals surface area contributed by atoms with E-state index in [4.69, 9.17) is 14.9 Å². The van der Waals surface area contributed by atoms with Crippen LogP contribution in [0.2, 0.25) is 0 Å². The quantitative estimate of drug-likeness (QED) is 0.508. The molecule has 0 atom stereocenters. The highest BCUT2D eigenvalue weighted by atomic mass is 16.5. The lowest BCUT2D eigenvalue weighted by Gasteiger charge is -2.27. The topological polar surface area (TPSA) is 73.2 Å². The number of rotatable bonds is 11. The number of aliphatic hydroxyl groups excluding tert-OH is 1. The molecule has 0 aromatic heterocycles. The van der Waals surface area contributed by atoms with Crippen molar-refractivity contribution in [2.75, 3.05) is 18.5 Å². The van der Waals surface area contributed by atoms with Gasteiger partial charge in [0.2, 0.25) is 0 Å². The predicted octanol–water partition coefficient (Wildman–Crippen LogP) is 4.02. The molecule has 2 aromatic carbocycles. The van der Waals surface area contributed by atoms with E-state index < -0.39 is 11.9 Å². The summed E-state index contributed by atoms with van der Waals surface area (Å²) in [6.45, 7) is 5.35. The molecule has 0 bridgehead atoms. The zero-order chi connectivity index (χ0) is 20.6. The third-order valence-corrected chi connectivity index (χ3v) is 5.39. The Balaban J connectivity index is 1.88. The van der Waals surface area contributed by atoms with Gasteiger partial charge in [-0.2, -0.15) is 0 Å². The van der Waals surface area contributed by atoms with Gasteiger partial charge in [-0.3, -0.25) is 0 Å². The van der Waals surface area contributed by atoms with E-state index in [2.05, 4.69) is 18.0 Å². The van der Waals surface area contributed by atoms with Gasteiger partial charge in [-0.05, 0) is 43.4 Å². The minimum Gasteiger partial charge on any atom is -0.489 e. The van der Waals surface area contributed by atoms with Gasteiger partial charge in [0.1, 0.15) is 12.4 Å². The molecular formula is C23H33NO4. The van der Waals surface area contributed by atoms with Crippen LogP contribution in [-0.2, 0) is 6.61 Å². The summed E-state index contributed by atoms with van der Waals surface area (Å²) in [5.41, 5.74) is 1.95. The maximum atomic E-state index is 10.4. The molecule has 0 fully saturated rings. The van der Waals surface area contributed by atoms with Crippen LogP contribution in [0, 0.1) is 0 Å². The summed E-state index contributed by atoms with van der Waals surface area (Å²) >= 11 is 0. The average Bonchev–Trinajstić information content (AvgIpc) is 2.72. The predicted molar refractivity (Wildman–Crippen MR) is 112 cm³/mol. The number of anilines is 1. The summed E-state index contributed by atoms with van der Waals surface area (Å²) in [6, 6.07) is 15.0. The van der Waals surface area contributed by atoms with Crippen molar-refractivity contribution in [3.05, 3.63) is 59.7 Å². The first-order chi connectivity index (χ1) is 13.4. The summed E-state index contributed by atoms with van der Waals surface area (Å²) < 4.78 is 5.89. The maximum absolute atomic E-state index is 10.4. The molecule has 0 radical (unpaired) electrons. The molecule has 2 rings (SSSR count). The van der Waals surface area contributed by atoms with Gasteiger partial charge in [-0.15, -0.1) is 0 Å². The summed E-state index contributed by atoms with van der Waals surface area (Å²) in [7, 11) is 2.05. The normalized spacial score (nSPS) is 11.7. The van der Waals surface area contributed by atoms with E-state index in [1.165, 1.54) is 0 Å². The minimum atomic E-state index is -1.45. The average molecular weight is 388 g/mol. The lowest BCUT2D eigenvalue weighted by Crippen LogP contribution is -2.28. The fourth-order valence-corrected chi connectivity index (χ4v) is 3.14. The van der Waals surface area contributed by atoms with Crippen molar-refractivity contribution >= 4 is 5.69 Å². The molecule has 154 valence electrons. The van der Waals surface area contributed by atoms with Gasteiger partial charge in [-0.25, -0.2) is 0 Å². The summed E-state index contributed by atoms with van der Waals surface area (Å²) in [6.07, 6.45) is 1.86. The lowest BCUT2D eigenvalue weighted by atomic mass is 9.92. The van der Waals surface area contributed by atoms with E-state index in [-0.39, 0.29) is 0 Å². The smallest absolute Gasteiger partial charge is 0.178 e. The number of nitrogens with zero attached hydrogens (tertiary/aromatic N) is 1. The highest BCUT2D eigenvalue weighted by Gasteiger charge is 2.21. The van der Waals surface area contributed by atoms with Crippen LogP contribution in [-0.4, -0.2) is 34.5 Å². The number of hydrogen-bond acceptors (Lipinski definition) is 5. The van der Waals surface area contributed by atoms with Crippen molar-refractivity contribution in [3.63, 3.8) is 0 Å². The highest BCUT2D eigenvalue weighted by molar-refractivity contribution is 5.50. The molecular weight excluding hydrogens is 354 g/mol. The number of benzene rings is 2. The highest BCUT2D eigenvalue weighted by Crippen LogP contribution is 2.24. The number of ether oxygens (including phenoxy) is 1. The van der Waals surface area contributed by atoms with E-state index in [1.54, 1.807) is 12.1 Å². The van der Waals surface area contributed by atoms with Crippen LogP contribution in [0.3, 0.4) is 0 Å². The maximum Gasteiger partial charge on any atom is 0.178 e. The molecule has 2 aromatic rings. The first-order valence-electron chi connectivity index (χ1n) is 9.98. The fourth-order valence-electron chi connectivity index (χ4n) is 3.14. The standard InChI is InChI=1S/C23H33NO4/c1-4-23(27,5-2)14-7-15-24(3)20-8-6-9-21(16-20)28-17-18-10-12-19(13-11-18)22(25)26/h6,8-13,16,22,25-27H,4-5,7,14-15,17H2,1-3H3. The lowest BCUT2D eigenvalue weighted by molar-refractivity contribution is -0.0425. The zero-order valence-electron chi connectivity index (χ0n) is 17.1. The van der Waals surface area contributed by atoms with Crippen LogP contribution < -0.4 is 9.64 Å². The molecule has 28 heavy (non-hydrogen) atoms. The third kappa shape index (κ3) is 6.51. The zero-order valence-corrected chi connectivity index (χ0v) is 17.1. The minimum absolute atomic E-state index is 0.412. The largest absolute Gasteiger partial charge is 0.489 e. The first kappa shape index (κ1) is 22.2. The van der Waals surface area contributed by atoms with E-state index >= 15 is 0 Å². The molecule has 5 nitrogen and oxygen atoms in total. The Kier molecular flexibility index (Phi) is 8.30. The molecule has 0 spiro atoms. The molecule has 0 saturated carbocycles. The van der Waals surface area contributed by atoms with E-state index in [1.807, 2.05) is 44.2 Å². The molecule has 3 N–H and O–H groups in total. The molecule has 0 aliphatic rings. The second-order valence-electron chi connectivity index (χ2n) is 7.36. The van der Waals surface area contributed by atoms with Crippen molar-refractivity contribution in [1.82, 2.24) is 0 Å². The first-order valence-corrected chi connectivity index (χ1v) is 9.98. The fraction of sp³-hybridized carbons (Fsp3) is 0.478. The van der Waals surface area contributed by atoms with Crippen molar-refractivity contribution in [1.29, 1.82) is 0 Å². The Bertz CT molecular complexity index is 711. The molecule has 0 unspecified atom stereocenters. The van der Waals surface area contributed by atoms with Gasteiger partial charge in [0, 0.05) is 30.9 Å². The molecule has 0 aliphatic heterocycles. The Morgan fingerprint density at radius 3 is 2.32 bits per heavy atom. The molecule has 0 aliphatic carbocycles. The number of aliphatic hydroxyl groups is 3. The Labute approximate surface area is 168 Å². The van der Waals surface area contributed by atoms with Gasteiger partial charge in [-0.1, -0.05) is 44.2 Å². The molecule has 0 heterocycles. The van der Waals surface area contributed by atoms with Crippen LogP contribution in [0.25, 0.3) is 0 Å². The molecule has 5 heteroatoms. The second kappa shape index (κ2) is 10.5.